The van der Waals surface area contributed by atoms with Gasteiger partial charge in [-0.25, -0.2) is 0 Å². The number of hydrogen-bond donors (Lipinski definition) is 1. The highest BCUT2D eigenvalue weighted by atomic mass is 32.1. The van der Waals surface area contributed by atoms with Gasteiger partial charge in [-0.15, -0.1) is 11.3 Å². The quantitative estimate of drug-likeness (QED) is 0.885. The van der Waals surface area contributed by atoms with Crippen molar-refractivity contribution in [2.24, 2.45) is 0 Å². The molecule has 0 saturated carbocycles. The molecule has 2 amide bonds. The monoisotopic (exact) mass is 366 g/mol. The lowest BCUT2D eigenvalue weighted by atomic mass is 10.00. The zero-order valence-corrected chi connectivity index (χ0v) is 14.0. The number of halogens is 2. The fourth-order valence-corrected chi connectivity index (χ4v) is 3.45. The minimum atomic E-state index is -3.00. The molecule has 0 atom stereocenters. The molecular formula is C17H16F2N2O3S. The van der Waals surface area contributed by atoms with Crippen LogP contribution in [0.3, 0.4) is 0 Å². The number of alkyl halides is 2. The Hall–Kier alpha value is -2.48. The maximum absolute atomic E-state index is 12.3. The highest BCUT2D eigenvalue weighted by Gasteiger charge is 2.22. The molecule has 0 aliphatic carbocycles. The number of benzene rings is 1. The summed E-state index contributed by atoms with van der Waals surface area (Å²) in [7, 11) is 0. The maximum atomic E-state index is 12.3. The summed E-state index contributed by atoms with van der Waals surface area (Å²) in [5.41, 5.74) is 2.32. The molecule has 1 aromatic heterocycles. The average molecular weight is 366 g/mol. The first kappa shape index (κ1) is 17.3. The number of ether oxygens (including phenoxy) is 1. The van der Waals surface area contributed by atoms with Crippen LogP contribution in [0.15, 0.2) is 35.7 Å². The first-order chi connectivity index (χ1) is 12.0. The molecule has 8 heteroatoms. The number of hydrogen-bond acceptors (Lipinski definition) is 4. The van der Waals surface area contributed by atoms with Crippen LogP contribution in [0.4, 0.5) is 8.78 Å². The third-order valence-electron chi connectivity index (χ3n) is 3.93. The predicted molar refractivity (Wildman–Crippen MR) is 88.8 cm³/mol. The van der Waals surface area contributed by atoms with Crippen molar-refractivity contribution < 1.29 is 23.1 Å². The molecule has 0 spiro atoms. The van der Waals surface area contributed by atoms with E-state index in [0.29, 0.717) is 13.1 Å². The summed E-state index contributed by atoms with van der Waals surface area (Å²) in [4.78, 5) is 26.1. The lowest BCUT2D eigenvalue weighted by Crippen LogP contribution is -2.42. The normalized spacial score (nSPS) is 13.5. The van der Waals surface area contributed by atoms with Crippen molar-refractivity contribution in [3.05, 3.63) is 51.7 Å². The molecular weight excluding hydrogens is 350 g/mol. The summed E-state index contributed by atoms with van der Waals surface area (Å²) in [6.45, 7) is -2.10. The van der Waals surface area contributed by atoms with Gasteiger partial charge in [0.1, 0.15) is 10.6 Å². The Labute approximate surface area is 147 Å². The Balaban J connectivity index is 1.56. The second-order valence-corrected chi connectivity index (χ2v) is 6.43. The number of amides is 2. The van der Waals surface area contributed by atoms with Gasteiger partial charge < -0.3 is 15.0 Å². The van der Waals surface area contributed by atoms with E-state index in [0.717, 1.165) is 23.3 Å². The van der Waals surface area contributed by atoms with Crippen molar-refractivity contribution >= 4 is 23.2 Å². The van der Waals surface area contributed by atoms with Crippen LogP contribution in [0.25, 0.3) is 0 Å². The van der Waals surface area contributed by atoms with Crippen molar-refractivity contribution in [3.63, 3.8) is 0 Å². The summed E-state index contributed by atoms with van der Waals surface area (Å²) in [5.74, 6) is -0.996. The van der Waals surface area contributed by atoms with E-state index in [-0.39, 0.29) is 23.1 Å². The van der Waals surface area contributed by atoms with Crippen molar-refractivity contribution in [3.8, 4) is 5.75 Å². The van der Waals surface area contributed by atoms with Crippen LogP contribution in [-0.2, 0) is 17.8 Å². The molecule has 2 aromatic rings. The van der Waals surface area contributed by atoms with E-state index in [4.69, 9.17) is 0 Å². The highest BCUT2D eigenvalue weighted by Crippen LogP contribution is 2.26. The smallest absolute Gasteiger partial charge is 0.387 e. The number of carbonyl (C=O) groups is 2. The molecule has 5 nitrogen and oxygen atoms in total. The zero-order chi connectivity index (χ0) is 17.8. The van der Waals surface area contributed by atoms with E-state index < -0.39 is 12.5 Å². The highest BCUT2D eigenvalue weighted by molar-refractivity contribution is 7.12. The number of nitrogens with zero attached hydrogens (tertiary/aromatic N) is 1. The maximum Gasteiger partial charge on any atom is 0.387 e. The van der Waals surface area contributed by atoms with Gasteiger partial charge in [-0.2, -0.15) is 8.78 Å². The molecule has 0 saturated heterocycles. The summed E-state index contributed by atoms with van der Waals surface area (Å²) in [6.07, 6.45) is 0.771. The topological polar surface area (TPSA) is 58.6 Å². The molecule has 0 unspecified atom stereocenters. The van der Waals surface area contributed by atoms with E-state index in [1.807, 2.05) is 24.3 Å². The van der Waals surface area contributed by atoms with Crippen LogP contribution >= 0.6 is 11.3 Å². The Morgan fingerprint density at radius 1 is 1.24 bits per heavy atom. The van der Waals surface area contributed by atoms with Gasteiger partial charge >= 0.3 is 6.61 Å². The molecule has 0 bridgehead atoms. The molecule has 25 heavy (non-hydrogen) atoms. The molecule has 3 rings (SSSR count). The average Bonchev–Trinajstić information content (AvgIpc) is 3.06. The van der Waals surface area contributed by atoms with Crippen LogP contribution in [0.1, 0.15) is 20.8 Å². The van der Waals surface area contributed by atoms with E-state index in [1.54, 1.807) is 4.90 Å². The lowest BCUT2D eigenvalue weighted by Gasteiger charge is -2.29. The predicted octanol–water partition coefficient (Wildman–Crippen LogP) is 2.66. The SMILES string of the molecule is O=C(NCC(=O)N1CCc2ccccc2C1)c1sccc1OC(F)F. The first-order valence-corrected chi connectivity index (χ1v) is 8.57. The van der Waals surface area contributed by atoms with Gasteiger partial charge in [-0.3, -0.25) is 9.59 Å². The summed E-state index contributed by atoms with van der Waals surface area (Å²) < 4.78 is 28.9. The van der Waals surface area contributed by atoms with Crippen molar-refractivity contribution in [1.82, 2.24) is 10.2 Å². The fraction of sp³-hybridized carbons (Fsp3) is 0.294. The Morgan fingerprint density at radius 3 is 2.76 bits per heavy atom. The van der Waals surface area contributed by atoms with E-state index >= 15 is 0 Å². The summed E-state index contributed by atoms with van der Waals surface area (Å²) >= 11 is 0.982. The second kappa shape index (κ2) is 7.60. The molecule has 2 heterocycles. The van der Waals surface area contributed by atoms with Gasteiger partial charge in [0.05, 0.1) is 6.54 Å². The standard InChI is InChI=1S/C17H16F2N2O3S/c18-17(19)24-13-6-8-25-15(13)16(23)20-9-14(22)21-7-5-11-3-1-2-4-12(11)10-21/h1-4,6,8,17H,5,7,9-10H2,(H,20,23). The van der Waals surface area contributed by atoms with E-state index in [2.05, 4.69) is 10.1 Å². The van der Waals surface area contributed by atoms with Gasteiger partial charge in [0, 0.05) is 13.1 Å². The Bertz CT molecular complexity index is 779. The van der Waals surface area contributed by atoms with Crippen molar-refractivity contribution in [1.29, 1.82) is 0 Å². The summed E-state index contributed by atoms with van der Waals surface area (Å²) in [6, 6.07) is 9.22. The third kappa shape index (κ3) is 4.14. The minimum absolute atomic E-state index is 0.0251. The molecule has 1 aromatic carbocycles. The van der Waals surface area contributed by atoms with Gasteiger partial charge in [0.25, 0.3) is 5.91 Å². The van der Waals surface area contributed by atoms with Crippen LogP contribution in [-0.4, -0.2) is 36.4 Å². The summed E-state index contributed by atoms with van der Waals surface area (Å²) in [5, 5.41) is 3.96. The van der Waals surface area contributed by atoms with Gasteiger partial charge in [-0.1, -0.05) is 24.3 Å². The molecule has 0 fully saturated rings. The van der Waals surface area contributed by atoms with E-state index in [1.165, 1.54) is 17.0 Å². The van der Waals surface area contributed by atoms with Gasteiger partial charge in [0.2, 0.25) is 5.91 Å². The van der Waals surface area contributed by atoms with Crippen molar-refractivity contribution in [2.45, 2.75) is 19.6 Å². The zero-order valence-electron chi connectivity index (χ0n) is 13.2. The van der Waals surface area contributed by atoms with Crippen LogP contribution < -0.4 is 10.1 Å². The molecule has 1 aliphatic heterocycles. The molecule has 1 aliphatic rings. The Morgan fingerprint density at radius 2 is 2.00 bits per heavy atom. The number of thiophene rings is 1. The van der Waals surface area contributed by atoms with E-state index in [9.17, 15) is 18.4 Å². The second-order valence-electron chi connectivity index (χ2n) is 5.51. The van der Waals surface area contributed by atoms with Gasteiger partial charge in [-0.05, 0) is 29.0 Å². The minimum Gasteiger partial charge on any atom is -0.433 e. The van der Waals surface area contributed by atoms with Crippen molar-refractivity contribution in [2.75, 3.05) is 13.1 Å². The van der Waals surface area contributed by atoms with Crippen LogP contribution in [0, 0.1) is 0 Å². The lowest BCUT2D eigenvalue weighted by molar-refractivity contribution is -0.131. The van der Waals surface area contributed by atoms with Crippen LogP contribution in [0.2, 0.25) is 0 Å². The third-order valence-corrected chi connectivity index (χ3v) is 4.83. The van der Waals surface area contributed by atoms with Crippen LogP contribution in [0.5, 0.6) is 5.75 Å². The number of carbonyl (C=O) groups excluding carboxylic acids is 2. The Kier molecular flexibility index (Phi) is 5.28. The number of rotatable bonds is 5. The number of nitrogens with one attached hydrogen (secondary N) is 1. The van der Waals surface area contributed by atoms with Gasteiger partial charge in [0.15, 0.2) is 0 Å². The fourth-order valence-electron chi connectivity index (χ4n) is 2.71. The molecule has 1 N–H and O–H groups in total. The number of fused-ring (bicyclic) bond motifs is 1. The largest absolute Gasteiger partial charge is 0.433 e. The molecule has 0 radical (unpaired) electrons. The molecule has 132 valence electrons. The first-order valence-electron chi connectivity index (χ1n) is 7.69.